The number of carbonyl (C=O) groups excluding carboxylic acids is 4. The monoisotopic (exact) mass is 538 g/mol. The number of ether oxygens (including phenoxy) is 2. The molecule has 33 heavy (non-hydrogen) atoms. The number of unbranched alkanes of at least 4 members (excludes halogenated alkanes) is 1. The molecular weight excluding hydrogens is 516 g/mol. The fourth-order valence-electron chi connectivity index (χ4n) is 2.52. The molecule has 8 nitrogen and oxygen atoms in total. The third-order valence-corrected chi connectivity index (χ3v) is 5.07. The van der Waals surface area contributed by atoms with Crippen LogP contribution in [0.15, 0.2) is 46.9 Å². The highest BCUT2D eigenvalue weighted by molar-refractivity contribution is 9.10. The summed E-state index contributed by atoms with van der Waals surface area (Å²) < 4.78 is 10.8. The average Bonchev–Trinajstić information content (AvgIpc) is 2.79. The van der Waals surface area contributed by atoms with Crippen molar-refractivity contribution >= 4 is 62.7 Å². The summed E-state index contributed by atoms with van der Waals surface area (Å²) in [6, 6.07) is 11.2. The minimum Gasteiger partial charge on any atom is -0.462 e. The summed E-state index contributed by atoms with van der Waals surface area (Å²) in [7, 11) is 0. The fourth-order valence-corrected chi connectivity index (χ4v) is 3.24. The van der Waals surface area contributed by atoms with Crippen LogP contribution in [0.4, 0.5) is 11.4 Å². The quantitative estimate of drug-likeness (QED) is 0.308. The average molecular weight is 540 g/mol. The lowest BCUT2D eigenvalue weighted by Gasteiger charge is -2.09. The number of hydrogen-bond donors (Lipinski definition) is 2. The number of rotatable bonds is 11. The van der Waals surface area contributed by atoms with Gasteiger partial charge in [0.15, 0.2) is 6.61 Å². The van der Waals surface area contributed by atoms with Gasteiger partial charge in [0.2, 0.25) is 5.91 Å². The van der Waals surface area contributed by atoms with E-state index >= 15 is 0 Å². The van der Waals surface area contributed by atoms with Crippen LogP contribution in [0.2, 0.25) is 5.02 Å². The van der Waals surface area contributed by atoms with Gasteiger partial charge in [-0.3, -0.25) is 14.4 Å². The molecule has 0 heterocycles. The summed E-state index contributed by atoms with van der Waals surface area (Å²) in [5, 5.41) is 5.50. The maximum atomic E-state index is 12.0. The summed E-state index contributed by atoms with van der Waals surface area (Å²) >= 11 is 9.28. The first-order chi connectivity index (χ1) is 15.8. The molecule has 0 aliphatic carbocycles. The van der Waals surface area contributed by atoms with Crippen molar-refractivity contribution in [2.45, 2.75) is 32.6 Å². The van der Waals surface area contributed by atoms with Crippen LogP contribution in [0.3, 0.4) is 0 Å². The molecule has 0 fully saturated rings. The Labute approximate surface area is 205 Å². The molecule has 10 heteroatoms. The minimum absolute atomic E-state index is 0.125. The Morgan fingerprint density at radius 3 is 2.33 bits per heavy atom. The summed E-state index contributed by atoms with van der Waals surface area (Å²) in [5.74, 6) is -2.07. The highest BCUT2D eigenvalue weighted by Gasteiger charge is 2.13. The number of halogens is 2. The SMILES string of the molecule is CCCCOC(=O)c1ccc(NC(=O)CCC(=O)OCC(=O)Nc2ccc(Br)cc2Cl)cc1. The summed E-state index contributed by atoms with van der Waals surface area (Å²) in [6.45, 7) is 1.87. The molecule has 2 amide bonds. The predicted molar refractivity (Wildman–Crippen MR) is 128 cm³/mol. The van der Waals surface area contributed by atoms with Gasteiger partial charge in [-0.2, -0.15) is 0 Å². The molecule has 2 rings (SSSR count). The van der Waals surface area contributed by atoms with Crippen molar-refractivity contribution in [1.29, 1.82) is 0 Å². The van der Waals surface area contributed by atoms with Crippen LogP contribution in [0.25, 0.3) is 0 Å². The van der Waals surface area contributed by atoms with Gasteiger partial charge in [0, 0.05) is 16.6 Å². The second-order valence-corrected chi connectivity index (χ2v) is 8.27. The second kappa shape index (κ2) is 13.6. The molecule has 0 radical (unpaired) electrons. The van der Waals surface area contributed by atoms with Crippen molar-refractivity contribution in [1.82, 2.24) is 0 Å². The van der Waals surface area contributed by atoms with Crippen molar-refractivity contribution in [3.8, 4) is 0 Å². The number of esters is 2. The molecule has 0 bridgehead atoms. The number of nitrogens with one attached hydrogen (secondary N) is 2. The first-order valence-corrected chi connectivity index (χ1v) is 11.4. The standard InChI is InChI=1S/C23H24BrClN2O6/c1-2-3-12-32-23(31)15-4-7-17(8-5-15)26-20(28)10-11-22(30)33-14-21(29)27-19-9-6-16(24)13-18(19)25/h4-9,13H,2-3,10-12,14H2,1H3,(H,26,28)(H,27,29). The minimum atomic E-state index is -0.688. The van der Waals surface area contributed by atoms with E-state index in [0.717, 1.165) is 17.3 Å². The Morgan fingerprint density at radius 1 is 0.939 bits per heavy atom. The van der Waals surface area contributed by atoms with Gasteiger partial charge in [-0.05, 0) is 48.9 Å². The van der Waals surface area contributed by atoms with Crippen molar-refractivity contribution in [2.75, 3.05) is 23.8 Å². The Balaban J connectivity index is 1.69. The van der Waals surface area contributed by atoms with Crippen LogP contribution in [0.5, 0.6) is 0 Å². The fraction of sp³-hybridized carbons (Fsp3) is 0.304. The van der Waals surface area contributed by atoms with Gasteiger partial charge < -0.3 is 20.1 Å². The first kappa shape index (κ1) is 26.3. The molecule has 0 aromatic heterocycles. The zero-order valence-electron chi connectivity index (χ0n) is 18.0. The number of carbonyl (C=O) groups is 4. The molecule has 2 N–H and O–H groups in total. The maximum Gasteiger partial charge on any atom is 0.338 e. The van der Waals surface area contributed by atoms with Gasteiger partial charge in [-0.1, -0.05) is 40.9 Å². The lowest BCUT2D eigenvalue weighted by molar-refractivity contribution is -0.147. The highest BCUT2D eigenvalue weighted by atomic mass is 79.9. The van der Waals surface area contributed by atoms with Crippen LogP contribution >= 0.6 is 27.5 Å². The van der Waals surface area contributed by atoms with Crippen LogP contribution < -0.4 is 10.6 Å². The maximum absolute atomic E-state index is 12.0. The van der Waals surface area contributed by atoms with Gasteiger partial charge in [-0.25, -0.2) is 4.79 Å². The van der Waals surface area contributed by atoms with E-state index in [0.29, 0.717) is 28.6 Å². The molecular formula is C23H24BrClN2O6. The van der Waals surface area contributed by atoms with E-state index in [1.807, 2.05) is 6.92 Å². The van der Waals surface area contributed by atoms with Gasteiger partial charge >= 0.3 is 11.9 Å². The van der Waals surface area contributed by atoms with E-state index in [1.54, 1.807) is 42.5 Å². The van der Waals surface area contributed by atoms with E-state index in [4.69, 9.17) is 21.1 Å². The Hall–Kier alpha value is -2.91. The van der Waals surface area contributed by atoms with Gasteiger partial charge in [0.1, 0.15) is 0 Å². The topological polar surface area (TPSA) is 111 Å². The van der Waals surface area contributed by atoms with E-state index in [1.165, 1.54) is 0 Å². The van der Waals surface area contributed by atoms with Crippen LogP contribution in [-0.2, 0) is 23.9 Å². The highest BCUT2D eigenvalue weighted by Crippen LogP contribution is 2.25. The lowest BCUT2D eigenvalue weighted by Crippen LogP contribution is -2.22. The van der Waals surface area contributed by atoms with E-state index in [9.17, 15) is 19.2 Å². The van der Waals surface area contributed by atoms with E-state index in [2.05, 4.69) is 26.6 Å². The second-order valence-electron chi connectivity index (χ2n) is 6.95. The number of hydrogen-bond acceptors (Lipinski definition) is 6. The normalized spacial score (nSPS) is 10.3. The molecule has 0 spiro atoms. The third kappa shape index (κ3) is 9.63. The first-order valence-electron chi connectivity index (χ1n) is 10.3. The van der Waals surface area contributed by atoms with Gasteiger partial charge in [-0.15, -0.1) is 0 Å². The van der Waals surface area contributed by atoms with Crippen LogP contribution in [0.1, 0.15) is 43.0 Å². The molecule has 2 aromatic carbocycles. The smallest absolute Gasteiger partial charge is 0.338 e. The number of amides is 2. The van der Waals surface area contributed by atoms with Crippen LogP contribution in [0, 0.1) is 0 Å². The molecule has 0 aliphatic heterocycles. The molecule has 0 saturated carbocycles. The molecule has 0 unspecified atom stereocenters. The molecule has 0 saturated heterocycles. The van der Waals surface area contributed by atoms with Gasteiger partial charge in [0.05, 0.1) is 29.3 Å². The molecule has 0 atom stereocenters. The molecule has 0 aliphatic rings. The van der Waals surface area contributed by atoms with Gasteiger partial charge in [0.25, 0.3) is 5.91 Å². The Morgan fingerprint density at radius 2 is 1.67 bits per heavy atom. The third-order valence-electron chi connectivity index (χ3n) is 4.26. The van der Waals surface area contributed by atoms with E-state index in [-0.39, 0.29) is 12.8 Å². The zero-order chi connectivity index (χ0) is 24.2. The zero-order valence-corrected chi connectivity index (χ0v) is 20.3. The van der Waals surface area contributed by atoms with Crippen molar-refractivity contribution in [2.24, 2.45) is 0 Å². The predicted octanol–water partition coefficient (Wildman–Crippen LogP) is 4.96. The van der Waals surface area contributed by atoms with Crippen molar-refractivity contribution < 1.29 is 28.7 Å². The Kier molecular flexibility index (Phi) is 10.9. The lowest BCUT2D eigenvalue weighted by atomic mass is 10.2. The van der Waals surface area contributed by atoms with E-state index < -0.39 is 30.4 Å². The van der Waals surface area contributed by atoms with Crippen molar-refractivity contribution in [3.05, 3.63) is 57.5 Å². The number of anilines is 2. The number of benzene rings is 2. The largest absolute Gasteiger partial charge is 0.462 e. The summed E-state index contributed by atoms with van der Waals surface area (Å²) in [5.41, 5.74) is 1.25. The Bertz CT molecular complexity index is 997. The summed E-state index contributed by atoms with van der Waals surface area (Å²) in [4.78, 5) is 47.7. The summed E-state index contributed by atoms with van der Waals surface area (Å²) in [6.07, 6.45) is 1.41. The molecule has 2 aromatic rings. The molecule has 176 valence electrons. The van der Waals surface area contributed by atoms with Crippen molar-refractivity contribution in [3.63, 3.8) is 0 Å². The van der Waals surface area contributed by atoms with Crippen LogP contribution in [-0.4, -0.2) is 37.0 Å².